The van der Waals surface area contributed by atoms with E-state index in [1.807, 2.05) is 37.3 Å². The van der Waals surface area contributed by atoms with E-state index >= 15 is 0 Å². The molecule has 2 aromatic heterocycles. The first-order valence-electron chi connectivity index (χ1n) is 18.0. The molecule has 0 radical (unpaired) electrons. The molecule has 0 bridgehead atoms. The zero-order valence-corrected chi connectivity index (χ0v) is 33.7. The molecule has 0 saturated heterocycles. The molecule has 0 fully saturated rings. The topological polar surface area (TPSA) is 249 Å². The zero-order chi connectivity index (χ0) is 42.8. The molecule has 0 unspecified atom stereocenters. The minimum atomic E-state index is -4.82. The number of aryl methyl sites for hydroxylation is 1. The summed E-state index contributed by atoms with van der Waals surface area (Å²) < 4.78 is 103. The van der Waals surface area contributed by atoms with E-state index < -0.39 is 40.1 Å². The van der Waals surface area contributed by atoms with Gasteiger partial charge in [-0.1, -0.05) is 60.7 Å². The summed E-state index contributed by atoms with van der Waals surface area (Å²) in [5.41, 5.74) is 4.49. The van der Waals surface area contributed by atoms with Crippen LogP contribution >= 0.6 is 0 Å². The van der Waals surface area contributed by atoms with E-state index in [0.717, 1.165) is 22.4 Å². The Labute approximate surface area is 346 Å². The van der Waals surface area contributed by atoms with Gasteiger partial charge in [0.15, 0.2) is 0 Å². The highest BCUT2D eigenvalue weighted by molar-refractivity contribution is 7.86. The predicted molar refractivity (Wildman–Crippen MR) is 226 cm³/mol. The first kappa shape index (κ1) is 39.4. The third-order valence-electron chi connectivity index (χ3n) is 9.82. The summed E-state index contributed by atoms with van der Waals surface area (Å²) >= 11 is 0. The maximum Gasteiger partial charge on any atom is 0.295 e. The van der Waals surface area contributed by atoms with E-state index in [1.165, 1.54) is 58.1 Å². The average molecular weight is 873 g/mol. The Morgan fingerprint density at radius 1 is 0.508 bits per heavy atom. The summed E-state index contributed by atoms with van der Waals surface area (Å²) in [6.07, 6.45) is 2.55. The Morgan fingerprint density at radius 2 is 1.08 bits per heavy atom. The minimum Gasteiger partial charge on any atom is -0.282 e. The van der Waals surface area contributed by atoms with Gasteiger partial charge >= 0.3 is 0 Å². The van der Waals surface area contributed by atoms with Crippen molar-refractivity contribution in [3.63, 3.8) is 0 Å². The number of azo groups is 1. The lowest BCUT2D eigenvalue weighted by Gasteiger charge is -2.07. The third-order valence-corrected chi connectivity index (χ3v) is 12.5. The van der Waals surface area contributed by atoms with Crippen LogP contribution in [0.1, 0.15) is 16.7 Å². The van der Waals surface area contributed by atoms with E-state index in [9.17, 15) is 38.9 Å². The number of hydrogen-bond acceptors (Lipinski definition) is 12. The minimum absolute atomic E-state index is 0.0100. The molecule has 3 N–H and O–H groups in total. The smallest absolute Gasteiger partial charge is 0.282 e. The van der Waals surface area contributed by atoms with Gasteiger partial charge in [-0.3, -0.25) is 13.7 Å². The Hall–Kier alpha value is -7.07. The van der Waals surface area contributed by atoms with Crippen LogP contribution in [-0.2, 0) is 30.4 Å². The van der Waals surface area contributed by atoms with Crippen molar-refractivity contribution < 1.29 is 38.9 Å². The predicted octanol–water partition coefficient (Wildman–Crippen LogP) is 8.10. The molecule has 9 rings (SSSR count). The molecule has 17 nitrogen and oxygen atoms in total. The van der Waals surface area contributed by atoms with E-state index in [0.29, 0.717) is 44.2 Å². The summed E-state index contributed by atoms with van der Waals surface area (Å²) in [5, 5.41) is 29.5. The molecule has 2 heterocycles. The van der Waals surface area contributed by atoms with Gasteiger partial charge in [-0.05, 0) is 107 Å². The van der Waals surface area contributed by atoms with Crippen molar-refractivity contribution in [3.05, 3.63) is 138 Å². The standard InChI is InChI=1S/C41H28N8O9S3/c1-24-20-37-41(35-5-3-2-4-33(24)35)47-49(45-37)31-14-9-26(39(23-31)61(56,57)58)7-6-25-8-11-29(22-38(25)60(53,54)55)43-42-28-12-15-30(16-13-28)48-44-36-19-10-27-21-32(59(50,51)52)17-18-34(27)40(36)46-48/h2-23H,1H3,(H,50,51,52)(H,53,54,55)(H,56,57,58). The monoisotopic (exact) mass is 872 g/mol. The number of benzene rings is 7. The van der Waals surface area contributed by atoms with Gasteiger partial charge in [-0.15, -0.1) is 20.4 Å². The van der Waals surface area contributed by atoms with E-state index in [1.54, 1.807) is 48.5 Å². The molecule has 0 aliphatic rings. The van der Waals surface area contributed by atoms with Gasteiger partial charge in [0.2, 0.25) is 0 Å². The molecular weight excluding hydrogens is 845 g/mol. The lowest BCUT2D eigenvalue weighted by molar-refractivity contribution is 0.480. The molecule has 0 amide bonds. The molecule has 0 saturated carbocycles. The molecule has 61 heavy (non-hydrogen) atoms. The van der Waals surface area contributed by atoms with Crippen LogP contribution in [0.25, 0.3) is 67.1 Å². The van der Waals surface area contributed by atoms with Crippen LogP contribution in [0, 0.1) is 6.92 Å². The first-order valence-corrected chi connectivity index (χ1v) is 22.3. The summed E-state index contributed by atoms with van der Waals surface area (Å²) in [5.74, 6) is 0. The second-order valence-corrected chi connectivity index (χ2v) is 18.0. The summed E-state index contributed by atoms with van der Waals surface area (Å²) in [4.78, 5) is 1.40. The van der Waals surface area contributed by atoms with Gasteiger partial charge < -0.3 is 0 Å². The summed E-state index contributed by atoms with van der Waals surface area (Å²) in [6.45, 7) is 1.95. The number of aromatic nitrogens is 6. The van der Waals surface area contributed by atoms with Crippen molar-refractivity contribution >= 4 is 97.5 Å². The number of fused-ring (bicyclic) bond motifs is 6. The van der Waals surface area contributed by atoms with Crippen molar-refractivity contribution in [1.82, 2.24) is 30.0 Å². The highest BCUT2D eigenvalue weighted by atomic mass is 32.2. The molecule has 0 aliphatic carbocycles. The maximum absolute atomic E-state index is 12.6. The molecule has 304 valence electrons. The second-order valence-electron chi connectivity index (χ2n) is 13.8. The number of hydrogen-bond donors (Lipinski definition) is 3. The van der Waals surface area contributed by atoms with Crippen molar-refractivity contribution in [2.75, 3.05) is 0 Å². The van der Waals surface area contributed by atoms with Gasteiger partial charge in [0.05, 0.1) is 27.6 Å². The van der Waals surface area contributed by atoms with Crippen LogP contribution in [0.2, 0.25) is 0 Å². The second kappa shape index (κ2) is 14.6. The van der Waals surface area contributed by atoms with Gasteiger partial charge in [0, 0.05) is 10.8 Å². The maximum atomic E-state index is 12.6. The zero-order valence-electron chi connectivity index (χ0n) is 31.3. The fourth-order valence-corrected chi connectivity index (χ4v) is 8.83. The van der Waals surface area contributed by atoms with Crippen LogP contribution in [-0.4, -0.2) is 68.9 Å². The number of rotatable bonds is 9. The molecule has 7 aromatic carbocycles. The van der Waals surface area contributed by atoms with Crippen molar-refractivity contribution in [2.45, 2.75) is 21.6 Å². The SMILES string of the molecule is Cc1cc2nn(-c3ccc(C=Cc4ccc(N=Nc5ccc(-n6nc7ccc8cc(S(=O)(=O)O)ccc8c7n6)cc5)cc4S(=O)(=O)O)c(S(=O)(=O)O)c3)nc2c2ccccc12. The summed E-state index contributed by atoms with van der Waals surface area (Å²) in [6, 6.07) is 31.7. The quantitative estimate of drug-likeness (QED) is 0.0705. The van der Waals surface area contributed by atoms with Crippen LogP contribution in [0.3, 0.4) is 0 Å². The van der Waals surface area contributed by atoms with Crippen LogP contribution in [0.5, 0.6) is 0 Å². The molecule has 0 spiro atoms. The summed E-state index contributed by atoms with van der Waals surface area (Å²) in [7, 11) is -14.0. The van der Waals surface area contributed by atoms with Crippen molar-refractivity contribution in [2.24, 2.45) is 10.2 Å². The fourth-order valence-electron chi connectivity index (χ4n) is 6.90. The van der Waals surface area contributed by atoms with E-state index in [4.69, 9.17) is 0 Å². The lowest BCUT2D eigenvalue weighted by atomic mass is 10.0. The van der Waals surface area contributed by atoms with Crippen LogP contribution < -0.4 is 0 Å². The highest BCUT2D eigenvalue weighted by Gasteiger charge is 2.20. The van der Waals surface area contributed by atoms with Crippen LogP contribution in [0.15, 0.2) is 146 Å². The van der Waals surface area contributed by atoms with Gasteiger partial charge in [0.25, 0.3) is 30.4 Å². The third kappa shape index (κ3) is 7.65. The molecule has 0 aliphatic heterocycles. The average Bonchev–Trinajstić information content (AvgIpc) is 3.87. The molecule has 0 atom stereocenters. The Morgan fingerprint density at radius 3 is 1.77 bits per heavy atom. The normalized spacial score (nSPS) is 12.9. The fraction of sp³-hybridized carbons (Fsp3) is 0.0244. The van der Waals surface area contributed by atoms with E-state index in [2.05, 4.69) is 30.6 Å². The van der Waals surface area contributed by atoms with E-state index in [-0.39, 0.29) is 27.4 Å². The molecule has 20 heteroatoms. The Kier molecular flexibility index (Phi) is 9.42. The molecular formula is C41H28N8O9S3. The van der Waals surface area contributed by atoms with Gasteiger partial charge in [-0.25, -0.2) is 0 Å². The van der Waals surface area contributed by atoms with Crippen molar-refractivity contribution in [1.29, 1.82) is 0 Å². The number of nitrogens with zero attached hydrogens (tertiary/aromatic N) is 8. The molecule has 9 aromatic rings. The Bertz CT molecular complexity index is 3700. The lowest BCUT2D eigenvalue weighted by Crippen LogP contribution is -2.05. The van der Waals surface area contributed by atoms with Gasteiger partial charge in [0.1, 0.15) is 31.9 Å². The first-order chi connectivity index (χ1) is 29.0. The highest BCUT2D eigenvalue weighted by Crippen LogP contribution is 2.31. The Balaban J connectivity index is 0.969. The van der Waals surface area contributed by atoms with Crippen molar-refractivity contribution in [3.8, 4) is 11.4 Å². The largest absolute Gasteiger partial charge is 0.295 e. The van der Waals surface area contributed by atoms with Gasteiger partial charge in [-0.2, -0.15) is 45.1 Å². The van der Waals surface area contributed by atoms with Crippen LogP contribution in [0.4, 0.5) is 11.4 Å².